The first-order valence-corrected chi connectivity index (χ1v) is 5.51. The number of benzene rings is 1. The maximum absolute atomic E-state index is 13.2. The van der Waals surface area contributed by atoms with E-state index in [1.807, 2.05) is 13.0 Å². The average molecular weight is 240 g/mol. The van der Waals surface area contributed by atoms with Crippen LogP contribution in [-0.2, 0) is 6.42 Å². The Morgan fingerprint density at radius 1 is 1.38 bits per heavy atom. The number of alkyl halides is 1. The van der Waals surface area contributed by atoms with Crippen molar-refractivity contribution in [3.05, 3.63) is 41.7 Å². The molecule has 0 spiro atoms. The summed E-state index contributed by atoms with van der Waals surface area (Å²) in [5, 5.41) is 0. The SMILES string of the molecule is Cc1cc(F)cc(-c2cnc(CCCl)o2)c1. The number of aryl methyl sites for hydroxylation is 2. The van der Waals surface area contributed by atoms with Crippen LogP contribution in [0.3, 0.4) is 0 Å². The molecule has 0 N–H and O–H groups in total. The van der Waals surface area contributed by atoms with Gasteiger partial charge < -0.3 is 4.42 Å². The van der Waals surface area contributed by atoms with E-state index >= 15 is 0 Å². The normalized spacial score (nSPS) is 10.7. The molecule has 16 heavy (non-hydrogen) atoms. The van der Waals surface area contributed by atoms with Gasteiger partial charge >= 0.3 is 0 Å². The highest BCUT2D eigenvalue weighted by Crippen LogP contribution is 2.22. The van der Waals surface area contributed by atoms with Gasteiger partial charge in [-0.15, -0.1) is 11.6 Å². The summed E-state index contributed by atoms with van der Waals surface area (Å²) >= 11 is 5.58. The van der Waals surface area contributed by atoms with Gasteiger partial charge in [-0.05, 0) is 30.7 Å². The number of aromatic nitrogens is 1. The minimum Gasteiger partial charge on any atom is -0.441 e. The molecular formula is C12H11ClFNO. The summed E-state index contributed by atoms with van der Waals surface area (Å²) in [6.45, 7) is 1.84. The molecular weight excluding hydrogens is 229 g/mol. The van der Waals surface area contributed by atoms with Crippen molar-refractivity contribution in [2.75, 3.05) is 5.88 Å². The van der Waals surface area contributed by atoms with Crippen LogP contribution < -0.4 is 0 Å². The third-order valence-corrected chi connectivity index (χ3v) is 2.38. The van der Waals surface area contributed by atoms with Crippen LogP contribution in [0.1, 0.15) is 11.5 Å². The fourth-order valence-electron chi connectivity index (χ4n) is 1.52. The molecule has 2 nitrogen and oxygen atoms in total. The maximum atomic E-state index is 13.2. The molecule has 0 radical (unpaired) electrons. The number of halogens is 2. The van der Waals surface area contributed by atoms with E-state index < -0.39 is 0 Å². The van der Waals surface area contributed by atoms with Crippen molar-refractivity contribution >= 4 is 11.6 Å². The Labute approximate surface area is 98.1 Å². The Balaban J connectivity index is 2.34. The van der Waals surface area contributed by atoms with Gasteiger partial charge in [0, 0.05) is 17.9 Å². The highest BCUT2D eigenvalue weighted by molar-refractivity contribution is 6.17. The van der Waals surface area contributed by atoms with Crippen molar-refractivity contribution in [2.24, 2.45) is 0 Å². The largest absolute Gasteiger partial charge is 0.441 e. The summed E-state index contributed by atoms with van der Waals surface area (Å²) in [5.41, 5.74) is 1.55. The predicted octanol–water partition coefficient (Wildman–Crippen LogP) is 3.57. The molecule has 0 amide bonds. The lowest BCUT2D eigenvalue weighted by atomic mass is 10.1. The lowest BCUT2D eigenvalue weighted by molar-refractivity contribution is 0.514. The highest BCUT2D eigenvalue weighted by atomic mass is 35.5. The lowest BCUT2D eigenvalue weighted by Crippen LogP contribution is -1.83. The monoisotopic (exact) mass is 239 g/mol. The molecule has 1 aromatic heterocycles. The van der Waals surface area contributed by atoms with E-state index in [9.17, 15) is 4.39 Å². The zero-order valence-corrected chi connectivity index (χ0v) is 9.59. The van der Waals surface area contributed by atoms with Crippen LogP contribution in [0.4, 0.5) is 4.39 Å². The molecule has 0 unspecified atom stereocenters. The summed E-state index contributed by atoms with van der Waals surface area (Å²) in [7, 11) is 0. The predicted molar refractivity (Wildman–Crippen MR) is 61.1 cm³/mol. The minimum atomic E-state index is -0.273. The van der Waals surface area contributed by atoms with E-state index in [1.165, 1.54) is 12.1 Å². The molecule has 0 saturated heterocycles. The molecule has 0 saturated carbocycles. The smallest absolute Gasteiger partial charge is 0.196 e. The van der Waals surface area contributed by atoms with Crippen molar-refractivity contribution < 1.29 is 8.81 Å². The van der Waals surface area contributed by atoms with Gasteiger partial charge in [-0.2, -0.15) is 0 Å². The Morgan fingerprint density at radius 2 is 2.19 bits per heavy atom. The molecule has 0 aliphatic heterocycles. The van der Waals surface area contributed by atoms with Crippen LogP contribution in [0.5, 0.6) is 0 Å². The fraction of sp³-hybridized carbons (Fsp3) is 0.250. The molecule has 0 fully saturated rings. The summed E-state index contributed by atoms with van der Waals surface area (Å²) < 4.78 is 18.6. The van der Waals surface area contributed by atoms with Gasteiger partial charge in [-0.1, -0.05) is 0 Å². The van der Waals surface area contributed by atoms with Crippen molar-refractivity contribution in [2.45, 2.75) is 13.3 Å². The van der Waals surface area contributed by atoms with E-state index in [0.717, 1.165) is 5.56 Å². The van der Waals surface area contributed by atoms with Gasteiger partial charge in [0.25, 0.3) is 0 Å². The molecule has 0 bridgehead atoms. The summed E-state index contributed by atoms with van der Waals surface area (Å²) in [5.74, 6) is 1.34. The Morgan fingerprint density at radius 3 is 2.88 bits per heavy atom. The van der Waals surface area contributed by atoms with Crippen LogP contribution in [0.25, 0.3) is 11.3 Å². The van der Waals surface area contributed by atoms with Crippen molar-refractivity contribution in [3.8, 4) is 11.3 Å². The molecule has 0 atom stereocenters. The first kappa shape index (κ1) is 11.1. The maximum Gasteiger partial charge on any atom is 0.196 e. The zero-order chi connectivity index (χ0) is 11.5. The topological polar surface area (TPSA) is 26.0 Å². The third kappa shape index (κ3) is 2.42. The van der Waals surface area contributed by atoms with Gasteiger partial charge in [-0.3, -0.25) is 0 Å². The zero-order valence-electron chi connectivity index (χ0n) is 8.84. The molecule has 0 aliphatic carbocycles. The molecule has 2 aromatic rings. The second kappa shape index (κ2) is 4.66. The average Bonchev–Trinajstić information content (AvgIpc) is 2.65. The van der Waals surface area contributed by atoms with Gasteiger partial charge in [0.1, 0.15) is 5.82 Å². The van der Waals surface area contributed by atoms with Crippen molar-refractivity contribution in [3.63, 3.8) is 0 Å². The minimum absolute atomic E-state index is 0.273. The number of hydrogen-bond acceptors (Lipinski definition) is 2. The van der Waals surface area contributed by atoms with E-state index in [-0.39, 0.29) is 5.82 Å². The number of nitrogens with zero attached hydrogens (tertiary/aromatic N) is 1. The van der Waals surface area contributed by atoms with Crippen LogP contribution in [0.2, 0.25) is 0 Å². The van der Waals surface area contributed by atoms with E-state index in [1.54, 1.807) is 6.20 Å². The summed E-state index contributed by atoms with van der Waals surface area (Å²) in [4.78, 5) is 4.07. The van der Waals surface area contributed by atoms with Crippen LogP contribution >= 0.6 is 11.6 Å². The van der Waals surface area contributed by atoms with Crippen molar-refractivity contribution in [1.82, 2.24) is 4.98 Å². The molecule has 4 heteroatoms. The Hall–Kier alpha value is -1.35. The van der Waals surface area contributed by atoms with Gasteiger partial charge in [0.15, 0.2) is 11.7 Å². The molecule has 2 rings (SSSR count). The van der Waals surface area contributed by atoms with E-state index in [2.05, 4.69) is 4.98 Å². The highest BCUT2D eigenvalue weighted by Gasteiger charge is 2.07. The molecule has 84 valence electrons. The van der Waals surface area contributed by atoms with Gasteiger partial charge in [0.05, 0.1) is 6.20 Å². The molecule has 0 aliphatic rings. The fourth-order valence-corrected chi connectivity index (χ4v) is 1.68. The van der Waals surface area contributed by atoms with Crippen LogP contribution in [-0.4, -0.2) is 10.9 Å². The van der Waals surface area contributed by atoms with E-state index in [4.69, 9.17) is 16.0 Å². The quantitative estimate of drug-likeness (QED) is 0.766. The van der Waals surface area contributed by atoms with Crippen LogP contribution in [0.15, 0.2) is 28.8 Å². The van der Waals surface area contributed by atoms with Crippen LogP contribution in [0, 0.1) is 12.7 Å². The summed E-state index contributed by atoms with van der Waals surface area (Å²) in [6.07, 6.45) is 2.17. The molecule has 1 aromatic carbocycles. The second-order valence-electron chi connectivity index (χ2n) is 3.57. The number of oxazole rings is 1. The van der Waals surface area contributed by atoms with Gasteiger partial charge in [-0.25, -0.2) is 9.37 Å². The van der Waals surface area contributed by atoms with E-state index in [0.29, 0.717) is 29.5 Å². The number of hydrogen-bond donors (Lipinski definition) is 0. The Kier molecular flexibility index (Phi) is 3.25. The first-order valence-electron chi connectivity index (χ1n) is 4.97. The second-order valence-corrected chi connectivity index (χ2v) is 3.95. The Bertz CT molecular complexity index is 475. The van der Waals surface area contributed by atoms with Gasteiger partial charge in [0.2, 0.25) is 0 Å². The first-order chi connectivity index (χ1) is 7.69. The lowest BCUT2D eigenvalue weighted by Gasteiger charge is -1.99. The third-order valence-electron chi connectivity index (χ3n) is 2.19. The van der Waals surface area contributed by atoms with Crippen molar-refractivity contribution in [1.29, 1.82) is 0 Å². The number of rotatable bonds is 3. The summed E-state index contributed by atoms with van der Waals surface area (Å²) in [6, 6.07) is 4.76. The standard InChI is InChI=1S/C12H11ClFNO/c1-8-4-9(6-10(14)5-8)11-7-15-12(16-11)2-3-13/h4-7H,2-3H2,1H3. The molecule has 1 heterocycles.